The standard InChI is InChI=1S/C49H29N3OS/c1-3-14-30(15-4-1)32-18-11-19-33(28-32)47-50-48(52-49(51-47)39-25-12-23-36-35-21-9-10-26-42(35)53-45(36)39)38-24-13-27-43-44(38)41-29-40(31-16-5-2-6-17-31)34-20-7-8-22-37(34)46(41)54-43/h1-29H. The molecule has 4 nitrogen and oxygen atoms in total. The molecular formula is C49H29N3OS. The van der Waals surface area contributed by atoms with E-state index in [-0.39, 0.29) is 0 Å². The molecule has 0 saturated carbocycles. The highest BCUT2D eigenvalue weighted by atomic mass is 32.1. The Morgan fingerprint density at radius 1 is 0.370 bits per heavy atom. The molecule has 0 unspecified atom stereocenters. The molecule has 0 atom stereocenters. The monoisotopic (exact) mass is 707 g/mol. The Balaban J connectivity index is 1.20. The highest BCUT2D eigenvalue weighted by Crippen LogP contribution is 2.46. The van der Waals surface area contributed by atoms with E-state index in [4.69, 9.17) is 19.4 Å². The fourth-order valence-corrected chi connectivity index (χ4v) is 9.08. The lowest BCUT2D eigenvalue weighted by atomic mass is 9.94. The number of nitrogens with zero attached hydrogens (tertiary/aromatic N) is 3. The average Bonchev–Trinajstić information content (AvgIpc) is 3.83. The Morgan fingerprint density at radius 2 is 0.963 bits per heavy atom. The zero-order chi connectivity index (χ0) is 35.6. The molecule has 54 heavy (non-hydrogen) atoms. The van der Waals surface area contributed by atoms with Crippen molar-refractivity contribution in [3.63, 3.8) is 0 Å². The van der Waals surface area contributed by atoms with Crippen molar-refractivity contribution in [1.29, 1.82) is 0 Å². The number of fused-ring (bicyclic) bond motifs is 8. The van der Waals surface area contributed by atoms with Gasteiger partial charge in [-0.15, -0.1) is 11.3 Å². The van der Waals surface area contributed by atoms with Crippen molar-refractivity contribution in [2.24, 2.45) is 0 Å². The average molecular weight is 708 g/mol. The topological polar surface area (TPSA) is 51.8 Å². The van der Waals surface area contributed by atoms with Gasteiger partial charge in [0.2, 0.25) is 0 Å². The number of hydrogen-bond acceptors (Lipinski definition) is 5. The summed E-state index contributed by atoms with van der Waals surface area (Å²) in [6, 6.07) is 61.5. The molecule has 3 heterocycles. The molecular weight excluding hydrogens is 679 g/mol. The van der Waals surface area contributed by atoms with Crippen LogP contribution in [0.15, 0.2) is 180 Å². The van der Waals surface area contributed by atoms with Crippen molar-refractivity contribution in [2.75, 3.05) is 0 Å². The van der Waals surface area contributed by atoms with E-state index in [9.17, 15) is 0 Å². The number of hydrogen-bond donors (Lipinski definition) is 0. The summed E-state index contributed by atoms with van der Waals surface area (Å²) in [5.74, 6) is 1.79. The smallest absolute Gasteiger partial charge is 0.167 e. The largest absolute Gasteiger partial charge is 0.455 e. The van der Waals surface area contributed by atoms with Crippen molar-refractivity contribution in [1.82, 2.24) is 15.0 Å². The van der Waals surface area contributed by atoms with E-state index >= 15 is 0 Å². The second-order valence-electron chi connectivity index (χ2n) is 13.5. The molecule has 0 aliphatic carbocycles. The van der Waals surface area contributed by atoms with E-state index < -0.39 is 0 Å². The highest BCUT2D eigenvalue weighted by Gasteiger charge is 2.21. The van der Waals surface area contributed by atoms with Crippen molar-refractivity contribution in [3.05, 3.63) is 176 Å². The van der Waals surface area contributed by atoms with Crippen LogP contribution in [0.25, 0.3) is 109 Å². The molecule has 252 valence electrons. The van der Waals surface area contributed by atoms with Crippen molar-refractivity contribution in [3.8, 4) is 56.4 Å². The first-order valence-corrected chi connectivity index (χ1v) is 18.8. The van der Waals surface area contributed by atoms with Gasteiger partial charge in [0, 0.05) is 47.5 Å². The van der Waals surface area contributed by atoms with Gasteiger partial charge in [0.05, 0.1) is 5.56 Å². The number of aromatic nitrogens is 3. The Hall–Kier alpha value is -6.95. The van der Waals surface area contributed by atoms with Crippen LogP contribution < -0.4 is 0 Å². The lowest BCUT2D eigenvalue weighted by molar-refractivity contribution is 0.669. The van der Waals surface area contributed by atoms with Crippen LogP contribution in [0, 0.1) is 0 Å². The van der Waals surface area contributed by atoms with Gasteiger partial charge in [0.25, 0.3) is 0 Å². The summed E-state index contributed by atoms with van der Waals surface area (Å²) in [6.45, 7) is 0. The van der Waals surface area contributed by atoms with Gasteiger partial charge in [-0.25, -0.2) is 15.0 Å². The predicted octanol–water partition coefficient (Wildman–Crippen LogP) is 13.6. The summed E-state index contributed by atoms with van der Waals surface area (Å²) in [4.78, 5) is 15.8. The van der Waals surface area contributed by atoms with Crippen LogP contribution in [0.4, 0.5) is 0 Å². The summed E-state index contributed by atoms with van der Waals surface area (Å²) in [5.41, 5.74) is 8.94. The lowest BCUT2D eigenvalue weighted by Crippen LogP contribution is -2.00. The highest BCUT2D eigenvalue weighted by molar-refractivity contribution is 7.26. The maximum atomic E-state index is 6.52. The Bertz CT molecular complexity index is 3220. The summed E-state index contributed by atoms with van der Waals surface area (Å²) in [7, 11) is 0. The van der Waals surface area contributed by atoms with Gasteiger partial charge in [-0.3, -0.25) is 0 Å². The van der Waals surface area contributed by atoms with Gasteiger partial charge in [0.15, 0.2) is 17.5 Å². The lowest BCUT2D eigenvalue weighted by Gasteiger charge is -2.12. The maximum absolute atomic E-state index is 6.52. The molecule has 0 N–H and O–H groups in total. The van der Waals surface area contributed by atoms with Crippen LogP contribution in [0.5, 0.6) is 0 Å². The number of thiophene rings is 1. The van der Waals surface area contributed by atoms with Crippen LogP contribution in [0.1, 0.15) is 0 Å². The second kappa shape index (κ2) is 12.3. The maximum Gasteiger partial charge on any atom is 0.167 e. The quantitative estimate of drug-likeness (QED) is 0.179. The zero-order valence-corrected chi connectivity index (χ0v) is 29.7. The molecule has 3 aromatic heterocycles. The van der Waals surface area contributed by atoms with Gasteiger partial charge in [0.1, 0.15) is 11.2 Å². The number of para-hydroxylation sites is 2. The van der Waals surface area contributed by atoms with Crippen LogP contribution in [-0.2, 0) is 0 Å². The molecule has 11 aromatic rings. The number of benzene rings is 8. The first kappa shape index (κ1) is 30.7. The van der Waals surface area contributed by atoms with Gasteiger partial charge < -0.3 is 4.42 Å². The van der Waals surface area contributed by atoms with Crippen LogP contribution in [-0.4, -0.2) is 15.0 Å². The van der Waals surface area contributed by atoms with Gasteiger partial charge in [-0.2, -0.15) is 0 Å². The van der Waals surface area contributed by atoms with Gasteiger partial charge in [-0.1, -0.05) is 146 Å². The molecule has 0 bridgehead atoms. The van der Waals surface area contributed by atoms with E-state index in [1.54, 1.807) is 0 Å². The van der Waals surface area contributed by atoms with Crippen molar-refractivity contribution in [2.45, 2.75) is 0 Å². The van der Waals surface area contributed by atoms with Gasteiger partial charge in [-0.05, 0) is 58.0 Å². The molecule has 0 spiro atoms. The first-order chi connectivity index (χ1) is 26.8. The Morgan fingerprint density at radius 3 is 1.80 bits per heavy atom. The zero-order valence-electron chi connectivity index (χ0n) is 28.9. The Labute approximate surface area is 314 Å². The minimum absolute atomic E-state index is 0.566. The van der Waals surface area contributed by atoms with E-state index in [1.807, 2.05) is 41.7 Å². The third-order valence-electron chi connectivity index (χ3n) is 10.3. The summed E-state index contributed by atoms with van der Waals surface area (Å²) < 4.78 is 8.96. The molecule has 5 heteroatoms. The van der Waals surface area contributed by atoms with Crippen LogP contribution in [0.2, 0.25) is 0 Å². The van der Waals surface area contributed by atoms with E-state index in [1.165, 1.54) is 36.7 Å². The molecule has 11 rings (SSSR count). The third-order valence-corrected chi connectivity index (χ3v) is 11.5. The molecule has 0 aliphatic rings. The SMILES string of the molecule is c1ccc(-c2cccc(-c3nc(-c4cccc5c4oc4ccccc45)nc(-c4cccc5sc6c7ccccc7c(-c7ccccc7)cc6c45)n3)c2)cc1. The minimum Gasteiger partial charge on any atom is -0.455 e. The van der Waals surface area contributed by atoms with E-state index in [0.29, 0.717) is 17.5 Å². The molecule has 0 fully saturated rings. The van der Waals surface area contributed by atoms with Crippen molar-refractivity contribution < 1.29 is 4.42 Å². The fourth-order valence-electron chi connectivity index (χ4n) is 7.83. The third kappa shape index (κ3) is 4.94. The molecule has 0 amide bonds. The molecule has 0 aliphatic heterocycles. The van der Waals surface area contributed by atoms with Crippen molar-refractivity contribution >= 4 is 64.2 Å². The van der Waals surface area contributed by atoms with Crippen LogP contribution in [0.3, 0.4) is 0 Å². The normalized spacial score (nSPS) is 11.7. The molecule has 0 saturated heterocycles. The van der Waals surface area contributed by atoms with Crippen LogP contribution >= 0.6 is 11.3 Å². The second-order valence-corrected chi connectivity index (χ2v) is 14.6. The summed E-state index contributed by atoms with van der Waals surface area (Å²) in [5, 5.41) is 6.92. The fraction of sp³-hybridized carbons (Fsp3) is 0. The molecule has 0 radical (unpaired) electrons. The summed E-state index contributed by atoms with van der Waals surface area (Å²) >= 11 is 1.82. The number of rotatable bonds is 5. The van der Waals surface area contributed by atoms with E-state index in [2.05, 4.69) is 146 Å². The molecule has 8 aromatic carbocycles. The van der Waals surface area contributed by atoms with E-state index in [0.717, 1.165) is 55.1 Å². The Kier molecular flexibility index (Phi) is 7.00. The first-order valence-electron chi connectivity index (χ1n) is 18.0. The predicted molar refractivity (Wildman–Crippen MR) is 225 cm³/mol. The van der Waals surface area contributed by atoms with Gasteiger partial charge >= 0.3 is 0 Å². The number of furan rings is 1. The minimum atomic E-state index is 0.566. The summed E-state index contributed by atoms with van der Waals surface area (Å²) in [6.07, 6.45) is 0.